The number of benzene rings is 1. The molecule has 146 valence electrons. The Bertz CT molecular complexity index is 983. The topological polar surface area (TPSA) is 99.4 Å². The van der Waals surface area contributed by atoms with Crippen LogP contribution in [0.4, 0.5) is 11.4 Å². The van der Waals surface area contributed by atoms with E-state index in [1.807, 2.05) is 39.0 Å². The first-order valence-electron chi connectivity index (χ1n) is 9.01. The van der Waals surface area contributed by atoms with Crippen LogP contribution in [-0.2, 0) is 4.74 Å². The summed E-state index contributed by atoms with van der Waals surface area (Å²) in [6.07, 6.45) is 3.20. The number of hydrogen-bond acceptors (Lipinski definition) is 6. The van der Waals surface area contributed by atoms with Crippen molar-refractivity contribution in [1.82, 2.24) is 9.97 Å². The predicted molar refractivity (Wildman–Crippen MR) is 110 cm³/mol. The van der Waals surface area contributed by atoms with Crippen LogP contribution in [0, 0.1) is 0 Å². The SMILES string of the molecule is CC(C)(C)OCCOc1nccc2cc(NC(=O)c3ncccc3N)ccc12. The Morgan fingerprint density at radius 1 is 1.11 bits per heavy atom. The van der Waals surface area contributed by atoms with E-state index in [0.717, 1.165) is 10.8 Å². The van der Waals surface area contributed by atoms with E-state index in [1.54, 1.807) is 24.4 Å². The number of ether oxygens (including phenoxy) is 2. The molecule has 0 aliphatic rings. The first-order valence-corrected chi connectivity index (χ1v) is 9.01. The van der Waals surface area contributed by atoms with Gasteiger partial charge in [0, 0.05) is 23.5 Å². The standard InChI is InChI=1S/C21H24N4O3/c1-21(2,3)28-12-11-27-20-16-7-6-15(13-14(16)8-10-24-20)25-19(26)18-17(22)5-4-9-23-18/h4-10,13H,11-12,22H2,1-3H3,(H,25,26). The van der Waals surface area contributed by atoms with Gasteiger partial charge in [0.15, 0.2) is 5.69 Å². The molecule has 7 nitrogen and oxygen atoms in total. The largest absolute Gasteiger partial charge is 0.475 e. The average Bonchev–Trinajstić information content (AvgIpc) is 2.64. The number of aromatic nitrogens is 2. The second kappa shape index (κ2) is 8.22. The Hall–Kier alpha value is -3.19. The third-order valence-corrected chi connectivity index (χ3v) is 3.90. The minimum atomic E-state index is -0.359. The van der Waals surface area contributed by atoms with E-state index in [0.29, 0.717) is 30.5 Å². The first kappa shape index (κ1) is 19.6. The molecule has 0 radical (unpaired) electrons. The van der Waals surface area contributed by atoms with Gasteiger partial charge in [-0.05, 0) is 62.6 Å². The molecule has 1 aromatic carbocycles. The third kappa shape index (κ3) is 4.95. The van der Waals surface area contributed by atoms with E-state index in [9.17, 15) is 4.79 Å². The highest BCUT2D eigenvalue weighted by Crippen LogP contribution is 2.26. The van der Waals surface area contributed by atoms with Crippen molar-refractivity contribution in [2.45, 2.75) is 26.4 Å². The van der Waals surface area contributed by atoms with Crippen LogP contribution in [0.3, 0.4) is 0 Å². The summed E-state index contributed by atoms with van der Waals surface area (Å²) in [5, 5.41) is 4.57. The maximum Gasteiger partial charge on any atom is 0.276 e. The highest BCUT2D eigenvalue weighted by Gasteiger charge is 2.13. The highest BCUT2D eigenvalue weighted by atomic mass is 16.5. The molecule has 0 unspecified atom stereocenters. The molecular weight excluding hydrogens is 356 g/mol. The van der Waals surface area contributed by atoms with Gasteiger partial charge in [0.25, 0.3) is 5.91 Å². The second-order valence-electron chi connectivity index (χ2n) is 7.26. The van der Waals surface area contributed by atoms with Gasteiger partial charge >= 0.3 is 0 Å². The zero-order valence-corrected chi connectivity index (χ0v) is 16.2. The summed E-state index contributed by atoms with van der Waals surface area (Å²) in [5.74, 6) is 0.171. The Labute approximate surface area is 163 Å². The fraction of sp³-hybridized carbons (Fsp3) is 0.286. The molecule has 0 spiro atoms. The summed E-state index contributed by atoms with van der Waals surface area (Å²) in [6.45, 7) is 6.87. The molecule has 28 heavy (non-hydrogen) atoms. The van der Waals surface area contributed by atoms with Gasteiger partial charge in [-0.2, -0.15) is 0 Å². The van der Waals surface area contributed by atoms with Crippen LogP contribution in [-0.4, -0.2) is 34.7 Å². The van der Waals surface area contributed by atoms with Crippen LogP contribution in [0.25, 0.3) is 10.8 Å². The number of amides is 1. The van der Waals surface area contributed by atoms with Gasteiger partial charge in [-0.25, -0.2) is 9.97 Å². The van der Waals surface area contributed by atoms with E-state index in [1.165, 1.54) is 6.20 Å². The number of nitrogens with zero attached hydrogens (tertiary/aromatic N) is 2. The molecule has 7 heteroatoms. The maximum absolute atomic E-state index is 12.4. The van der Waals surface area contributed by atoms with Gasteiger partial charge < -0.3 is 20.5 Å². The van der Waals surface area contributed by atoms with Crippen LogP contribution in [0.1, 0.15) is 31.3 Å². The second-order valence-corrected chi connectivity index (χ2v) is 7.26. The summed E-state index contributed by atoms with van der Waals surface area (Å²) in [6, 6.07) is 10.7. The number of pyridine rings is 2. The number of nitrogens with two attached hydrogens (primary N) is 1. The van der Waals surface area contributed by atoms with Crippen LogP contribution < -0.4 is 15.8 Å². The van der Waals surface area contributed by atoms with E-state index in [4.69, 9.17) is 15.2 Å². The Balaban J connectivity index is 1.72. The number of nitrogen functional groups attached to an aromatic ring is 1. The van der Waals surface area contributed by atoms with E-state index in [2.05, 4.69) is 15.3 Å². The number of rotatable bonds is 6. The summed E-state index contributed by atoms with van der Waals surface area (Å²) in [4.78, 5) is 20.7. The molecule has 1 amide bonds. The Morgan fingerprint density at radius 2 is 1.93 bits per heavy atom. The molecule has 0 saturated carbocycles. The number of nitrogens with one attached hydrogen (secondary N) is 1. The fourth-order valence-electron chi connectivity index (χ4n) is 2.63. The van der Waals surface area contributed by atoms with Gasteiger partial charge in [0.1, 0.15) is 6.61 Å². The molecule has 0 saturated heterocycles. The number of carbonyl (C=O) groups is 1. The van der Waals surface area contributed by atoms with Gasteiger partial charge in [-0.15, -0.1) is 0 Å². The number of anilines is 2. The smallest absolute Gasteiger partial charge is 0.276 e. The Kier molecular flexibility index (Phi) is 5.75. The quantitative estimate of drug-likeness (QED) is 0.633. The molecular formula is C21H24N4O3. The lowest BCUT2D eigenvalue weighted by atomic mass is 10.1. The van der Waals surface area contributed by atoms with Crippen molar-refractivity contribution in [2.75, 3.05) is 24.3 Å². The third-order valence-electron chi connectivity index (χ3n) is 3.90. The number of hydrogen-bond donors (Lipinski definition) is 2. The lowest BCUT2D eigenvalue weighted by Crippen LogP contribution is -2.22. The summed E-state index contributed by atoms with van der Waals surface area (Å²) in [7, 11) is 0. The van der Waals surface area contributed by atoms with Crippen LogP contribution in [0.15, 0.2) is 48.8 Å². The lowest BCUT2D eigenvalue weighted by Gasteiger charge is -2.19. The summed E-state index contributed by atoms with van der Waals surface area (Å²) < 4.78 is 11.4. The minimum absolute atomic E-state index is 0.195. The summed E-state index contributed by atoms with van der Waals surface area (Å²) >= 11 is 0. The maximum atomic E-state index is 12.4. The van der Waals surface area contributed by atoms with Crippen molar-refractivity contribution >= 4 is 28.1 Å². The van der Waals surface area contributed by atoms with E-state index >= 15 is 0 Å². The Morgan fingerprint density at radius 3 is 2.68 bits per heavy atom. The monoisotopic (exact) mass is 380 g/mol. The molecule has 3 N–H and O–H groups in total. The molecule has 0 aliphatic carbocycles. The normalized spacial score (nSPS) is 11.4. The molecule has 3 rings (SSSR count). The molecule has 0 atom stereocenters. The number of fused-ring (bicyclic) bond motifs is 1. The van der Waals surface area contributed by atoms with Crippen LogP contribution >= 0.6 is 0 Å². The van der Waals surface area contributed by atoms with Crippen molar-refractivity contribution < 1.29 is 14.3 Å². The minimum Gasteiger partial charge on any atom is -0.475 e. The van der Waals surface area contributed by atoms with Crippen molar-refractivity contribution in [3.8, 4) is 5.88 Å². The zero-order chi connectivity index (χ0) is 20.1. The van der Waals surface area contributed by atoms with Crippen molar-refractivity contribution in [3.05, 3.63) is 54.5 Å². The lowest BCUT2D eigenvalue weighted by molar-refractivity contribution is -0.0166. The number of carbonyl (C=O) groups excluding carboxylic acids is 1. The summed E-state index contributed by atoms with van der Waals surface area (Å²) in [5.41, 5.74) is 6.76. The molecule has 0 fully saturated rings. The predicted octanol–water partition coefficient (Wildman–Crippen LogP) is 3.66. The van der Waals surface area contributed by atoms with Gasteiger partial charge in [-0.3, -0.25) is 4.79 Å². The van der Waals surface area contributed by atoms with Crippen molar-refractivity contribution in [3.63, 3.8) is 0 Å². The first-order chi connectivity index (χ1) is 13.3. The van der Waals surface area contributed by atoms with Crippen LogP contribution in [0.5, 0.6) is 5.88 Å². The zero-order valence-electron chi connectivity index (χ0n) is 16.2. The van der Waals surface area contributed by atoms with Crippen molar-refractivity contribution in [2.24, 2.45) is 0 Å². The highest BCUT2D eigenvalue weighted by molar-refractivity contribution is 6.07. The van der Waals surface area contributed by atoms with E-state index in [-0.39, 0.29) is 17.2 Å². The molecule has 0 aliphatic heterocycles. The molecule has 3 aromatic rings. The van der Waals surface area contributed by atoms with Crippen molar-refractivity contribution in [1.29, 1.82) is 0 Å². The average molecular weight is 380 g/mol. The van der Waals surface area contributed by atoms with Gasteiger partial charge in [0.2, 0.25) is 5.88 Å². The van der Waals surface area contributed by atoms with Gasteiger partial charge in [-0.1, -0.05) is 0 Å². The van der Waals surface area contributed by atoms with Crippen LogP contribution in [0.2, 0.25) is 0 Å². The molecule has 0 bridgehead atoms. The fourth-order valence-corrected chi connectivity index (χ4v) is 2.63. The molecule has 2 aromatic heterocycles. The van der Waals surface area contributed by atoms with Gasteiger partial charge in [0.05, 0.1) is 17.9 Å². The van der Waals surface area contributed by atoms with E-state index < -0.39 is 0 Å². The molecule has 2 heterocycles.